The van der Waals surface area contributed by atoms with E-state index < -0.39 is 21.6 Å². The van der Waals surface area contributed by atoms with Gasteiger partial charge in [-0.3, -0.25) is 15.1 Å². The number of fused-ring (bicyclic) bond motifs is 2. The first-order chi connectivity index (χ1) is 13.2. The van der Waals surface area contributed by atoms with Crippen molar-refractivity contribution in [3.8, 4) is 0 Å². The summed E-state index contributed by atoms with van der Waals surface area (Å²) >= 11 is 1.17. The Morgan fingerprint density at radius 2 is 1.82 bits per heavy atom. The molecule has 0 fully saturated rings. The summed E-state index contributed by atoms with van der Waals surface area (Å²) < 4.78 is 37.7. The van der Waals surface area contributed by atoms with Crippen molar-refractivity contribution in [1.29, 1.82) is 0 Å². The van der Waals surface area contributed by atoms with Gasteiger partial charge in [-0.1, -0.05) is 11.3 Å². The second-order valence-electron chi connectivity index (χ2n) is 6.35. The zero-order valence-corrected chi connectivity index (χ0v) is 16.5. The van der Waals surface area contributed by atoms with Crippen LogP contribution in [-0.2, 0) is 9.84 Å². The number of anilines is 1. The second-order valence-corrected chi connectivity index (χ2v) is 9.39. The van der Waals surface area contributed by atoms with Crippen LogP contribution in [0, 0.1) is 12.7 Å². The number of rotatable bonds is 3. The third-order valence-corrected chi connectivity index (χ3v) is 6.20. The Hall–Kier alpha value is -2.91. The number of carbonyl (C=O) groups excluding carboxylic acids is 1. The summed E-state index contributed by atoms with van der Waals surface area (Å²) in [5.74, 6) is -0.899. The molecule has 0 atom stereocenters. The molecule has 0 bridgehead atoms. The molecule has 0 aliphatic carbocycles. The van der Waals surface area contributed by atoms with Gasteiger partial charge >= 0.3 is 0 Å². The van der Waals surface area contributed by atoms with Gasteiger partial charge in [0.25, 0.3) is 5.91 Å². The van der Waals surface area contributed by atoms with E-state index in [0.29, 0.717) is 31.9 Å². The molecule has 0 unspecified atom stereocenters. The number of nitrogens with one attached hydrogen (secondary N) is 1. The number of pyridine rings is 1. The van der Waals surface area contributed by atoms with Gasteiger partial charge in [0.05, 0.1) is 26.2 Å². The predicted octanol–water partition coefficient (Wildman–Crippen LogP) is 3.95. The molecule has 6 nitrogen and oxygen atoms in total. The summed E-state index contributed by atoms with van der Waals surface area (Å²) in [5, 5.41) is 3.44. The fourth-order valence-electron chi connectivity index (χ4n) is 2.87. The largest absolute Gasteiger partial charge is 0.298 e. The molecule has 2 aromatic carbocycles. The van der Waals surface area contributed by atoms with E-state index in [4.69, 9.17) is 0 Å². The average molecular weight is 415 g/mol. The van der Waals surface area contributed by atoms with E-state index >= 15 is 0 Å². The number of aromatic nitrogens is 2. The Balaban J connectivity index is 1.73. The number of nitrogens with zero attached hydrogens (tertiary/aromatic N) is 2. The van der Waals surface area contributed by atoms with Crippen molar-refractivity contribution in [2.24, 2.45) is 0 Å². The lowest BCUT2D eigenvalue weighted by molar-refractivity contribution is 0.102. The Kier molecular flexibility index (Phi) is 4.35. The summed E-state index contributed by atoms with van der Waals surface area (Å²) in [6, 6.07) is 10.3. The van der Waals surface area contributed by atoms with Crippen molar-refractivity contribution in [1.82, 2.24) is 9.97 Å². The van der Waals surface area contributed by atoms with Crippen LogP contribution in [0.2, 0.25) is 0 Å². The van der Waals surface area contributed by atoms with Crippen LogP contribution >= 0.6 is 11.3 Å². The van der Waals surface area contributed by atoms with E-state index in [9.17, 15) is 17.6 Å². The van der Waals surface area contributed by atoms with E-state index in [1.54, 1.807) is 19.1 Å². The molecule has 0 aliphatic heterocycles. The first-order valence-electron chi connectivity index (χ1n) is 8.19. The number of halogens is 1. The van der Waals surface area contributed by atoms with E-state index in [2.05, 4.69) is 15.3 Å². The lowest BCUT2D eigenvalue weighted by atomic mass is 10.1. The highest BCUT2D eigenvalue weighted by molar-refractivity contribution is 7.90. The maximum absolute atomic E-state index is 13.7. The second kappa shape index (κ2) is 6.61. The number of hydrogen-bond acceptors (Lipinski definition) is 6. The van der Waals surface area contributed by atoms with E-state index in [1.807, 2.05) is 0 Å². The lowest BCUT2D eigenvalue weighted by Gasteiger charge is -2.07. The molecule has 142 valence electrons. The zero-order valence-electron chi connectivity index (χ0n) is 14.9. The summed E-state index contributed by atoms with van der Waals surface area (Å²) in [7, 11) is -3.34. The minimum Gasteiger partial charge on any atom is -0.298 e. The normalized spacial score (nSPS) is 11.8. The van der Waals surface area contributed by atoms with Crippen molar-refractivity contribution in [3.63, 3.8) is 0 Å². The Labute approximate surface area is 164 Å². The molecule has 2 heterocycles. The number of sulfone groups is 1. The summed E-state index contributed by atoms with van der Waals surface area (Å²) in [6.07, 6.45) is 1.13. The number of aryl methyl sites for hydroxylation is 1. The third-order valence-electron chi connectivity index (χ3n) is 4.15. The van der Waals surface area contributed by atoms with E-state index in [0.717, 1.165) is 6.26 Å². The fraction of sp³-hybridized carbons (Fsp3) is 0.105. The number of hydrogen-bond donors (Lipinski definition) is 1. The number of benzene rings is 2. The molecule has 28 heavy (non-hydrogen) atoms. The molecule has 2 aromatic heterocycles. The fourth-order valence-corrected chi connectivity index (χ4v) is 4.49. The van der Waals surface area contributed by atoms with Crippen LogP contribution in [0.4, 0.5) is 9.52 Å². The molecule has 4 aromatic rings. The molecule has 9 heteroatoms. The van der Waals surface area contributed by atoms with Crippen molar-refractivity contribution < 1.29 is 17.6 Å². The first-order valence-corrected chi connectivity index (χ1v) is 10.9. The Morgan fingerprint density at radius 1 is 1.07 bits per heavy atom. The van der Waals surface area contributed by atoms with Gasteiger partial charge in [-0.15, -0.1) is 0 Å². The maximum atomic E-state index is 13.7. The molecule has 4 rings (SSSR count). The summed E-state index contributed by atoms with van der Waals surface area (Å²) in [4.78, 5) is 21.6. The van der Waals surface area contributed by atoms with Crippen LogP contribution in [0.1, 0.15) is 16.1 Å². The highest BCUT2D eigenvalue weighted by Crippen LogP contribution is 2.29. The molecule has 0 spiro atoms. The molecular formula is C19H14FN3O3S2. The van der Waals surface area contributed by atoms with Gasteiger partial charge in [0, 0.05) is 17.3 Å². The predicted molar refractivity (Wildman–Crippen MR) is 107 cm³/mol. The number of amides is 1. The highest BCUT2D eigenvalue weighted by Gasteiger charge is 2.16. The SMILES string of the molecule is Cc1cc(C(=O)Nc2nc3ccc(S(C)(=O)=O)cc3s2)c2cc(F)ccc2n1. The van der Waals surface area contributed by atoms with Gasteiger partial charge in [-0.25, -0.2) is 17.8 Å². The minimum atomic E-state index is -3.34. The summed E-state index contributed by atoms with van der Waals surface area (Å²) in [6.45, 7) is 1.75. The van der Waals surface area contributed by atoms with Gasteiger partial charge in [-0.05, 0) is 49.4 Å². The topological polar surface area (TPSA) is 89.0 Å². The van der Waals surface area contributed by atoms with Gasteiger partial charge < -0.3 is 0 Å². The van der Waals surface area contributed by atoms with Crippen LogP contribution < -0.4 is 5.32 Å². The zero-order chi connectivity index (χ0) is 20.1. The number of carbonyl (C=O) groups is 1. The molecule has 0 radical (unpaired) electrons. The van der Waals surface area contributed by atoms with Crippen LogP contribution in [0.15, 0.2) is 47.4 Å². The van der Waals surface area contributed by atoms with Gasteiger partial charge in [0.2, 0.25) is 0 Å². The van der Waals surface area contributed by atoms with Crippen molar-refractivity contribution in [2.45, 2.75) is 11.8 Å². The Bertz CT molecular complexity index is 1360. The summed E-state index contributed by atoms with van der Waals surface area (Å²) in [5.41, 5.74) is 2.02. The van der Waals surface area contributed by atoms with Crippen molar-refractivity contribution in [3.05, 3.63) is 59.5 Å². The van der Waals surface area contributed by atoms with Crippen LogP contribution in [0.3, 0.4) is 0 Å². The van der Waals surface area contributed by atoms with Gasteiger partial charge in [0.1, 0.15) is 5.82 Å². The van der Waals surface area contributed by atoms with Crippen molar-refractivity contribution in [2.75, 3.05) is 11.6 Å². The van der Waals surface area contributed by atoms with Crippen molar-refractivity contribution >= 4 is 53.3 Å². The van der Waals surface area contributed by atoms with E-state index in [1.165, 1.54) is 41.7 Å². The minimum absolute atomic E-state index is 0.188. The molecule has 0 aliphatic rings. The standard InChI is InChI=1S/C19H14FN3O3S2/c1-10-7-14(13-8-11(20)3-5-15(13)21-10)18(24)23-19-22-16-6-4-12(28(2,25)26)9-17(16)27-19/h3-9H,1-2H3,(H,22,23,24). The highest BCUT2D eigenvalue weighted by atomic mass is 32.2. The first kappa shape index (κ1) is 18.5. The van der Waals surface area contributed by atoms with Crippen LogP contribution in [-0.4, -0.2) is 30.5 Å². The molecule has 1 N–H and O–H groups in total. The average Bonchev–Trinajstić information content (AvgIpc) is 3.02. The smallest absolute Gasteiger partial charge is 0.258 e. The molecular weight excluding hydrogens is 401 g/mol. The van der Waals surface area contributed by atoms with Crippen LogP contribution in [0.5, 0.6) is 0 Å². The quantitative estimate of drug-likeness (QED) is 0.547. The molecule has 1 amide bonds. The maximum Gasteiger partial charge on any atom is 0.258 e. The molecule has 0 saturated heterocycles. The molecule has 0 saturated carbocycles. The monoisotopic (exact) mass is 415 g/mol. The Morgan fingerprint density at radius 3 is 2.57 bits per heavy atom. The van der Waals surface area contributed by atoms with Gasteiger partial charge in [0.15, 0.2) is 15.0 Å². The number of thiazole rings is 1. The lowest BCUT2D eigenvalue weighted by Crippen LogP contribution is -2.13. The van der Waals surface area contributed by atoms with Gasteiger partial charge in [-0.2, -0.15) is 0 Å². The van der Waals surface area contributed by atoms with E-state index in [-0.39, 0.29) is 10.5 Å². The third kappa shape index (κ3) is 3.46. The van der Waals surface area contributed by atoms with Crippen LogP contribution in [0.25, 0.3) is 21.1 Å².